The molecule has 3 rings (SSSR count). The van der Waals surface area contributed by atoms with Crippen LogP contribution in [-0.2, 0) is 11.2 Å². The van der Waals surface area contributed by atoms with E-state index in [2.05, 4.69) is 46.7 Å². The first kappa shape index (κ1) is 17.8. The van der Waals surface area contributed by atoms with Gasteiger partial charge in [-0.2, -0.15) is 0 Å². The summed E-state index contributed by atoms with van der Waals surface area (Å²) >= 11 is 1.41. The van der Waals surface area contributed by atoms with Gasteiger partial charge in [0, 0.05) is 6.42 Å². The number of amides is 1. The Hall–Kier alpha value is -1.50. The molecule has 3 N–H and O–H groups in total. The van der Waals surface area contributed by atoms with Crippen LogP contribution in [0.25, 0.3) is 0 Å². The average molecular weight is 353 g/mol. The van der Waals surface area contributed by atoms with Crippen LogP contribution in [0.5, 0.6) is 0 Å². The van der Waals surface area contributed by atoms with Crippen molar-refractivity contribution < 1.29 is 4.79 Å². The molecule has 0 aliphatic heterocycles. The van der Waals surface area contributed by atoms with E-state index in [4.69, 9.17) is 5.73 Å². The SMILES string of the molecule is Cc1ccc(Cc2nnc(NC(=O)C3(N)CCCC3)s2)cc1.Cl. The van der Waals surface area contributed by atoms with Crippen molar-refractivity contribution in [2.24, 2.45) is 5.73 Å². The van der Waals surface area contributed by atoms with Gasteiger partial charge in [-0.05, 0) is 25.3 Å². The van der Waals surface area contributed by atoms with Crippen LogP contribution in [0.1, 0.15) is 41.8 Å². The summed E-state index contributed by atoms with van der Waals surface area (Å²) < 4.78 is 0. The lowest BCUT2D eigenvalue weighted by molar-refractivity contribution is -0.121. The number of hydrogen-bond donors (Lipinski definition) is 2. The zero-order chi connectivity index (χ0) is 15.6. The van der Waals surface area contributed by atoms with E-state index in [-0.39, 0.29) is 18.3 Å². The van der Waals surface area contributed by atoms with E-state index in [1.807, 2.05) is 0 Å². The van der Waals surface area contributed by atoms with Crippen LogP contribution in [0.15, 0.2) is 24.3 Å². The highest BCUT2D eigenvalue weighted by molar-refractivity contribution is 7.15. The zero-order valence-corrected chi connectivity index (χ0v) is 14.7. The molecule has 1 saturated carbocycles. The molecule has 1 amide bonds. The van der Waals surface area contributed by atoms with Gasteiger partial charge in [0.15, 0.2) is 0 Å². The van der Waals surface area contributed by atoms with Gasteiger partial charge in [-0.15, -0.1) is 22.6 Å². The molecule has 0 radical (unpaired) electrons. The lowest BCUT2D eigenvalue weighted by Gasteiger charge is -2.20. The van der Waals surface area contributed by atoms with Gasteiger partial charge in [0.05, 0.1) is 5.54 Å². The van der Waals surface area contributed by atoms with Crippen molar-refractivity contribution in [2.75, 3.05) is 5.32 Å². The maximum atomic E-state index is 12.2. The summed E-state index contributed by atoms with van der Waals surface area (Å²) in [5.74, 6) is -0.136. The molecule has 7 heteroatoms. The molecule has 0 atom stereocenters. The number of aromatic nitrogens is 2. The number of carbonyl (C=O) groups is 1. The second-order valence-corrected chi connectivity index (χ2v) is 7.04. The molecular formula is C16H21ClN4OS. The quantitative estimate of drug-likeness (QED) is 0.886. The molecular weight excluding hydrogens is 332 g/mol. The van der Waals surface area contributed by atoms with Crippen LogP contribution in [0.4, 0.5) is 5.13 Å². The fourth-order valence-electron chi connectivity index (χ4n) is 2.71. The van der Waals surface area contributed by atoms with E-state index < -0.39 is 5.54 Å². The number of nitrogens with one attached hydrogen (secondary N) is 1. The van der Waals surface area contributed by atoms with Crippen LogP contribution < -0.4 is 11.1 Å². The first-order valence-electron chi connectivity index (χ1n) is 7.53. The number of aryl methyl sites for hydroxylation is 1. The normalized spacial score (nSPS) is 15.9. The Morgan fingerprint density at radius 2 is 1.91 bits per heavy atom. The fourth-order valence-corrected chi connectivity index (χ4v) is 3.48. The van der Waals surface area contributed by atoms with Crippen molar-refractivity contribution in [3.05, 3.63) is 40.4 Å². The highest BCUT2D eigenvalue weighted by Gasteiger charge is 2.37. The lowest BCUT2D eigenvalue weighted by Crippen LogP contribution is -2.48. The van der Waals surface area contributed by atoms with Crippen molar-refractivity contribution in [1.29, 1.82) is 0 Å². The molecule has 0 saturated heterocycles. The van der Waals surface area contributed by atoms with Gasteiger partial charge in [0.25, 0.3) is 0 Å². The summed E-state index contributed by atoms with van der Waals surface area (Å²) in [7, 11) is 0. The first-order chi connectivity index (χ1) is 10.5. The van der Waals surface area contributed by atoms with Gasteiger partial charge in [-0.3, -0.25) is 10.1 Å². The molecule has 0 spiro atoms. The monoisotopic (exact) mass is 352 g/mol. The Kier molecular flexibility index (Phi) is 5.73. The van der Waals surface area contributed by atoms with Crippen LogP contribution in [0, 0.1) is 6.92 Å². The van der Waals surface area contributed by atoms with Crippen LogP contribution >= 0.6 is 23.7 Å². The summed E-state index contributed by atoms with van der Waals surface area (Å²) in [6.07, 6.45) is 4.24. The van der Waals surface area contributed by atoms with Gasteiger partial charge in [0.1, 0.15) is 5.01 Å². The predicted molar refractivity (Wildman–Crippen MR) is 95.2 cm³/mol. The minimum Gasteiger partial charge on any atom is -0.317 e. The van der Waals surface area contributed by atoms with Crippen molar-refractivity contribution >= 4 is 34.8 Å². The molecule has 1 aromatic heterocycles. The van der Waals surface area contributed by atoms with E-state index in [1.54, 1.807) is 0 Å². The Balaban J connectivity index is 0.00000192. The third-order valence-electron chi connectivity index (χ3n) is 4.11. The van der Waals surface area contributed by atoms with E-state index in [0.29, 0.717) is 5.13 Å². The third-order valence-corrected chi connectivity index (χ3v) is 4.95. The summed E-state index contributed by atoms with van der Waals surface area (Å²) in [6.45, 7) is 2.06. The number of hydrogen-bond acceptors (Lipinski definition) is 5. The largest absolute Gasteiger partial charge is 0.317 e. The number of benzene rings is 1. The van der Waals surface area contributed by atoms with E-state index in [1.165, 1.54) is 22.5 Å². The minimum atomic E-state index is -0.733. The standard InChI is InChI=1S/C16H20N4OS.ClH/c1-11-4-6-12(7-5-11)10-13-19-20-15(22-13)18-14(21)16(17)8-2-3-9-16;/h4-7H,2-3,8-10,17H2,1H3,(H,18,20,21);1H. The number of nitrogens with two attached hydrogens (primary N) is 1. The van der Waals surface area contributed by atoms with Crippen molar-refractivity contribution in [3.8, 4) is 0 Å². The van der Waals surface area contributed by atoms with Crippen molar-refractivity contribution in [2.45, 2.75) is 44.6 Å². The molecule has 23 heavy (non-hydrogen) atoms. The second-order valence-electron chi connectivity index (χ2n) is 5.98. The summed E-state index contributed by atoms with van der Waals surface area (Å²) in [6, 6.07) is 8.33. The highest BCUT2D eigenvalue weighted by atomic mass is 35.5. The molecule has 2 aromatic rings. The van der Waals surface area contributed by atoms with Gasteiger partial charge >= 0.3 is 0 Å². The number of rotatable bonds is 4. The Bertz CT molecular complexity index is 665. The van der Waals surface area contributed by atoms with Gasteiger partial charge < -0.3 is 5.73 Å². The lowest BCUT2D eigenvalue weighted by atomic mass is 9.98. The Morgan fingerprint density at radius 1 is 1.26 bits per heavy atom. The van der Waals surface area contributed by atoms with Crippen molar-refractivity contribution in [3.63, 3.8) is 0 Å². The van der Waals surface area contributed by atoms with E-state index >= 15 is 0 Å². The predicted octanol–water partition coefficient (Wildman–Crippen LogP) is 3.07. The first-order valence-corrected chi connectivity index (χ1v) is 8.35. The smallest absolute Gasteiger partial charge is 0.246 e. The molecule has 1 heterocycles. The number of anilines is 1. The Labute approximate surface area is 146 Å². The van der Waals surface area contributed by atoms with Gasteiger partial charge in [-0.1, -0.05) is 54.0 Å². The number of halogens is 1. The molecule has 1 aromatic carbocycles. The second kappa shape index (κ2) is 7.38. The summed E-state index contributed by atoms with van der Waals surface area (Å²) in [5.41, 5.74) is 7.83. The summed E-state index contributed by atoms with van der Waals surface area (Å²) in [5, 5.41) is 12.4. The van der Waals surface area contributed by atoms with Crippen LogP contribution in [0.3, 0.4) is 0 Å². The molecule has 1 aliphatic carbocycles. The molecule has 0 bridgehead atoms. The van der Waals surface area contributed by atoms with Gasteiger partial charge in [-0.25, -0.2) is 0 Å². The Morgan fingerprint density at radius 3 is 2.57 bits per heavy atom. The minimum absolute atomic E-state index is 0. The average Bonchev–Trinajstić information content (AvgIpc) is 3.12. The third kappa shape index (κ3) is 4.28. The van der Waals surface area contributed by atoms with Gasteiger partial charge in [0.2, 0.25) is 11.0 Å². The maximum Gasteiger partial charge on any atom is 0.246 e. The molecule has 5 nitrogen and oxygen atoms in total. The van der Waals surface area contributed by atoms with Crippen LogP contribution in [0.2, 0.25) is 0 Å². The van der Waals surface area contributed by atoms with Crippen molar-refractivity contribution in [1.82, 2.24) is 10.2 Å². The number of carbonyl (C=O) groups excluding carboxylic acids is 1. The molecule has 1 fully saturated rings. The van der Waals surface area contributed by atoms with E-state index in [9.17, 15) is 4.79 Å². The van der Waals surface area contributed by atoms with Crippen LogP contribution in [-0.4, -0.2) is 21.6 Å². The fraction of sp³-hybridized carbons (Fsp3) is 0.438. The zero-order valence-electron chi connectivity index (χ0n) is 13.0. The molecule has 124 valence electrons. The maximum absolute atomic E-state index is 12.2. The van der Waals surface area contributed by atoms with E-state index in [0.717, 1.165) is 37.1 Å². The number of nitrogens with zero attached hydrogens (tertiary/aromatic N) is 2. The highest BCUT2D eigenvalue weighted by Crippen LogP contribution is 2.29. The molecule has 1 aliphatic rings. The molecule has 0 unspecified atom stereocenters. The summed E-state index contributed by atoms with van der Waals surface area (Å²) in [4.78, 5) is 12.2. The topological polar surface area (TPSA) is 80.9 Å².